The van der Waals surface area contributed by atoms with Crippen LogP contribution in [0.2, 0.25) is 0 Å². The number of carbonyl (C=O) groups is 2. The Morgan fingerprint density at radius 2 is 2.10 bits per heavy atom. The van der Waals surface area contributed by atoms with Crippen LogP contribution in [0.15, 0.2) is 18.2 Å². The van der Waals surface area contributed by atoms with Gasteiger partial charge in [-0.15, -0.1) is 0 Å². The number of primary amides is 1. The molecule has 0 aliphatic heterocycles. The van der Waals surface area contributed by atoms with Gasteiger partial charge in [0.05, 0.1) is 11.5 Å². The van der Waals surface area contributed by atoms with Gasteiger partial charge in [-0.1, -0.05) is 6.07 Å². The van der Waals surface area contributed by atoms with Crippen LogP contribution in [0.4, 0.5) is 5.69 Å². The minimum Gasteiger partial charge on any atom is -0.502 e. The highest BCUT2D eigenvalue weighted by Crippen LogP contribution is 2.26. The van der Waals surface area contributed by atoms with Crippen molar-refractivity contribution >= 4 is 17.5 Å². The number of nitro benzene ring substituents is 1. The molecule has 0 heterocycles. The van der Waals surface area contributed by atoms with Crippen molar-refractivity contribution in [3.8, 4) is 5.75 Å². The first-order chi connectivity index (χ1) is 9.35. The van der Waals surface area contributed by atoms with Crippen LogP contribution in [0.3, 0.4) is 0 Å². The topological polar surface area (TPSA) is 162 Å². The zero-order valence-electron chi connectivity index (χ0n) is 10.4. The Kier molecular flexibility index (Phi) is 4.98. The van der Waals surface area contributed by atoms with E-state index in [0.29, 0.717) is 5.56 Å². The van der Waals surface area contributed by atoms with Gasteiger partial charge in [0.2, 0.25) is 11.8 Å². The summed E-state index contributed by atoms with van der Waals surface area (Å²) in [5.74, 6) is -1.84. The number of amides is 2. The van der Waals surface area contributed by atoms with Crippen LogP contribution in [0, 0.1) is 10.1 Å². The highest BCUT2D eigenvalue weighted by atomic mass is 16.6. The van der Waals surface area contributed by atoms with Gasteiger partial charge in [-0.05, 0) is 11.6 Å². The first-order valence-corrected chi connectivity index (χ1v) is 5.60. The summed E-state index contributed by atoms with van der Waals surface area (Å²) >= 11 is 0. The fraction of sp³-hybridized carbons (Fsp3) is 0.273. The predicted molar refractivity (Wildman–Crippen MR) is 68.6 cm³/mol. The molecule has 0 aliphatic rings. The molecule has 2 amide bonds. The third-order valence-electron chi connectivity index (χ3n) is 2.54. The first-order valence-electron chi connectivity index (χ1n) is 5.60. The maximum absolute atomic E-state index is 11.2. The van der Waals surface area contributed by atoms with Crippen molar-refractivity contribution in [2.75, 3.05) is 6.54 Å². The quantitative estimate of drug-likeness (QED) is 0.377. The molecule has 0 spiro atoms. The smallest absolute Gasteiger partial charge is 0.310 e. The molecule has 108 valence electrons. The number of rotatable bonds is 6. The van der Waals surface area contributed by atoms with E-state index >= 15 is 0 Å². The Balaban J connectivity index is 2.94. The molecule has 20 heavy (non-hydrogen) atoms. The number of nitro groups is 1. The molecule has 0 saturated carbocycles. The Morgan fingerprint density at radius 3 is 2.60 bits per heavy atom. The lowest BCUT2D eigenvalue weighted by Gasteiger charge is -2.15. The van der Waals surface area contributed by atoms with Crippen molar-refractivity contribution in [2.24, 2.45) is 11.5 Å². The number of phenolic OH excluding ortho intramolecular Hbond substituents is 1. The van der Waals surface area contributed by atoms with Crippen molar-refractivity contribution in [3.05, 3.63) is 33.9 Å². The number of benzene rings is 1. The third kappa shape index (κ3) is 3.92. The van der Waals surface area contributed by atoms with Crippen LogP contribution in [-0.2, 0) is 16.0 Å². The van der Waals surface area contributed by atoms with Gasteiger partial charge in [-0.25, -0.2) is 0 Å². The van der Waals surface area contributed by atoms with Gasteiger partial charge >= 0.3 is 5.69 Å². The molecule has 0 fully saturated rings. The molecular weight excluding hydrogens is 268 g/mol. The molecule has 0 saturated heterocycles. The summed E-state index contributed by atoms with van der Waals surface area (Å²) in [6.45, 7) is -0.306. The van der Waals surface area contributed by atoms with E-state index in [2.05, 4.69) is 5.32 Å². The first kappa shape index (κ1) is 15.4. The highest BCUT2D eigenvalue weighted by Gasteiger charge is 2.20. The molecule has 0 aromatic heterocycles. The molecule has 0 aliphatic carbocycles. The lowest BCUT2D eigenvalue weighted by atomic mass is 10.0. The van der Waals surface area contributed by atoms with Gasteiger partial charge in [-0.2, -0.15) is 0 Å². The number of carbonyl (C=O) groups excluding carboxylic acids is 2. The Morgan fingerprint density at radius 1 is 1.45 bits per heavy atom. The second-order valence-electron chi connectivity index (χ2n) is 4.01. The fourth-order valence-electron chi connectivity index (χ4n) is 1.55. The number of nitrogens with two attached hydrogens (primary N) is 2. The van der Waals surface area contributed by atoms with Gasteiger partial charge in [0.1, 0.15) is 6.04 Å². The second-order valence-corrected chi connectivity index (χ2v) is 4.01. The minimum absolute atomic E-state index is 0.0395. The number of nitrogens with one attached hydrogen (secondary N) is 1. The third-order valence-corrected chi connectivity index (χ3v) is 2.54. The average Bonchev–Trinajstić information content (AvgIpc) is 2.39. The van der Waals surface area contributed by atoms with E-state index in [0.717, 1.165) is 12.1 Å². The Bertz CT molecular complexity index is 546. The van der Waals surface area contributed by atoms with Crippen molar-refractivity contribution in [1.82, 2.24) is 5.32 Å². The summed E-state index contributed by atoms with van der Waals surface area (Å²) in [5.41, 5.74) is 10.1. The summed E-state index contributed by atoms with van der Waals surface area (Å²) in [5, 5.41) is 22.3. The van der Waals surface area contributed by atoms with Gasteiger partial charge < -0.3 is 21.9 Å². The number of phenols is 1. The standard InChI is InChI=1S/C11H14N4O5/c12-5-10(17)14-7(11(13)18)3-6-1-2-9(16)8(4-6)15(19)20/h1-2,4,7,16H,3,5,12H2,(H2,13,18)(H,14,17)/t7-/m0/s1. The lowest BCUT2D eigenvalue weighted by Crippen LogP contribution is -2.47. The monoisotopic (exact) mass is 282 g/mol. The number of hydrogen-bond donors (Lipinski definition) is 4. The van der Waals surface area contributed by atoms with E-state index in [-0.39, 0.29) is 13.0 Å². The molecular formula is C11H14N4O5. The van der Waals surface area contributed by atoms with Crippen molar-refractivity contribution in [1.29, 1.82) is 0 Å². The minimum atomic E-state index is -1.03. The van der Waals surface area contributed by atoms with Gasteiger partial charge in [0, 0.05) is 12.5 Å². The van der Waals surface area contributed by atoms with E-state index in [9.17, 15) is 24.8 Å². The SMILES string of the molecule is NCC(=O)N[C@@H](Cc1ccc(O)c([N+](=O)[O-])c1)C(N)=O. The molecule has 0 radical (unpaired) electrons. The molecule has 1 rings (SSSR count). The van der Waals surface area contributed by atoms with Crippen LogP contribution in [0.1, 0.15) is 5.56 Å². The van der Waals surface area contributed by atoms with E-state index < -0.39 is 34.2 Å². The molecule has 1 aromatic rings. The van der Waals surface area contributed by atoms with Crippen LogP contribution < -0.4 is 16.8 Å². The molecule has 1 aromatic carbocycles. The number of nitrogens with zero attached hydrogens (tertiary/aromatic N) is 1. The van der Waals surface area contributed by atoms with E-state index in [4.69, 9.17) is 11.5 Å². The fourth-order valence-corrected chi connectivity index (χ4v) is 1.55. The molecule has 9 nitrogen and oxygen atoms in total. The van der Waals surface area contributed by atoms with Gasteiger partial charge in [-0.3, -0.25) is 19.7 Å². The van der Waals surface area contributed by atoms with Gasteiger partial charge in [0.25, 0.3) is 0 Å². The van der Waals surface area contributed by atoms with Crippen LogP contribution in [0.5, 0.6) is 5.75 Å². The number of hydrogen-bond acceptors (Lipinski definition) is 6. The van der Waals surface area contributed by atoms with Crippen LogP contribution in [0.25, 0.3) is 0 Å². The summed E-state index contributed by atoms with van der Waals surface area (Å²) in [6.07, 6.45) is -0.0395. The maximum atomic E-state index is 11.2. The summed E-state index contributed by atoms with van der Waals surface area (Å²) in [6, 6.07) is 2.61. The molecule has 9 heteroatoms. The normalized spacial score (nSPS) is 11.7. The summed E-state index contributed by atoms with van der Waals surface area (Å²) in [7, 11) is 0. The molecule has 6 N–H and O–H groups in total. The summed E-state index contributed by atoms with van der Waals surface area (Å²) in [4.78, 5) is 32.3. The molecule has 0 unspecified atom stereocenters. The van der Waals surface area contributed by atoms with Crippen molar-refractivity contribution in [2.45, 2.75) is 12.5 Å². The lowest BCUT2D eigenvalue weighted by molar-refractivity contribution is -0.385. The average molecular weight is 282 g/mol. The zero-order chi connectivity index (χ0) is 15.3. The second kappa shape index (κ2) is 6.48. The Hall–Kier alpha value is -2.68. The van der Waals surface area contributed by atoms with E-state index in [1.54, 1.807) is 0 Å². The van der Waals surface area contributed by atoms with E-state index in [1.165, 1.54) is 6.07 Å². The number of aromatic hydroxyl groups is 1. The summed E-state index contributed by atoms with van der Waals surface area (Å²) < 4.78 is 0. The molecule has 0 bridgehead atoms. The molecule has 1 atom stereocenters. The van der Waals surface area contributed by atoms with Gasteiger partial charge in [0.15, 0.2) is 5.75 Å². The Labute approximate surface area is 113 Å². The van der Waals surface area contributed by atoms with Crippen molar-refractivity contribution < 1.29 is 19.6 Å². The largest absolute Gasteiger partial charge is 0.502 e. The zero-order valence-corrected chi connectivity index (χ0v) is 10.4. The van der Waals surface area contributed by atoms with Crippen molar-refractivity contribution in [3.63, 3.8) is 0 Å². The van der Waals surface area contributed by atoms with E-state index in [1.807, 2.05) is 0 Å². The highest BCUT2D eigenvalue weighted by molar-refractivity contribution is 5.87. The predicted octanol–water partition coefficient (Wildman–Crippen LogP) is -1.23. The van der Waals surface area contributed by atoms with Crippen LogP contribution >= 0.6 is 0 Å². The van der Waals surface area contributed by atoms with Crippen LogP contribution in [-0.4, -0.2) is 34.4 Å². The maximum Gasteiger partial charge on any atom is 0.310 e.